The number of oxazole rings is 1. The van der Waals surface area contributed by atoms with Gasteiger partial charge in [-0.15, -0.1) is 0 Å². The van der Waals surface area contributed by atoms with E-state index in [4.69, 9.17) is 21.8 Å². The zero-order chi connectivity index (χ0) is 17.1. The summed E-state index contributed by atoms with van der Waals surface area (Å²) >= 11 is 5.89. The Bertz CT molecular complexity index is 699. The van der Waals surface area contributed by atoms with E-state index in [0.717, 1.165) is 18.5 Å². The van der Waals surface area contributed by atoms with Gasteiger partial charge in [-0.05, 0) is 50.1 Å². The van der Waals surface area contributed by atoms with Gasteiger partial charge in [-0.3, -0.25) is 4.79 Å². The Morgan fingerprint density at radius 1 is 1.42 bits per heavy atom. The molecule has 1 amide bonds. The Labute approximate surface area is 146 Å². The third-order valence-electron chi connectivity index (χ3n) is 4.55. The topological polar surface area (TPSA) is 72.4 Å². The summed E-state index contributed by atoms with van der Waals surface area (Å²) in [6.07, 6.45) is 3.58. The van der Waals surface area contributed by atoms with Gasteiger partial charge in [0.15, 0.2) is 11.7 Å². The molecule has 128 valence electrons. The van der Waals surface area contributed by atoms with E-state index in [1.165, 1.54) is 0 Å². The molecule has 6 heteroatoms. The number of rotatable bonds is 5. The maximum absolute atomic E-state index is 12.4. The summed E-state index contributed by atoms with van der Waals surface area (Å²) in [6, 6.07) is 7.66. The molecule has 1 aromatic heterocycles. The molecular weight excluding hydrogens is 326 g/mol. The molecule has 2 N–H and O–H groups in total. The van der Waals surface area contributed by atoms with E-state index in [9.17, 15) is 4.79 Å². The van der Waals surface area contributed by atoms with E-state index in [2.05, 4.69) is 11.9 Å². The van der Waals surface area contributed by atoms with Gasteiger partial charge in [0.05, 0.1) is 6.20 Å². The minimum absolute atomic E-state index is 0.143. The van der Waals surface area contributed by atoms with Crippen LogP contribution in [0.5, 0.6) is 0 Å². The molecule has 0 radical (unpaired) electrons. The van der Waals surface area contributed by atoms with E-state index in [0.29, 0.717) is 42.0 Å². The number of aryl methyl sites for hydroxylation is 1. The first-order valence-electron chi connectivity index (χ1n) is 8.27. The van der Waals surface area contributed by atoms with E-state index in [1.54, 1.807) is 6.20 Å². The normalized spacial score (nSPS) is 20.5. The van der Waals surface area contributed by atoms with E-state index < -0.39 is 0 Å². The number of halogens is 1. The number of amides is 1. The zero-order valence-corrected chi connectivity index (χ0v) is 14.5. The van der Waals surface area contributed by atoms with E-state index in [1.807, 2.05) is 29.2 Å². The lowest BCUT2D eigenvalue weighted by molar-refractivity contribution is -0.131. The number of likely N-dealkylation sites (tertiary alicyclic amines) is 1. The van der Waals surface area contributed by atoms with Gasteiger partial charge < -0.3 is 15.1 Å². The van der Waals surface area contributed by atoms with Crippen LogP contribution in [-0.2, 0) is 11.2 Å². The van der Waals surface area contributed by atoms with Crippen molar-refractivity contribution in [3.05, 3.63) is 41.4 Å². The van der Waals surface area contributed by atoms with Crippen molar-refractivity contribution in [2.75, 3.05) is 13.1 Å². The summed E-state index contributed by atoms with van der Waals surface area (Å²) in [5.74, 6) is 1.83. The second-order valence-corrected chi connectivity index (χ2v) is 6.79. The highest BCUT2D eigenvalue weighted by Crippen LogP contribution is 2.25. The van der Waals surface area contributed by atoms with Crippen LogP contribution < -0.4 is 5.73 Å². The number of nitrogens with zero attached hydrogens (tertiary/aromatic N) is 2. The average molecular weight is 348 g/mol. The van der Waals surface area contributed by atoms with Gasteiger partial charge in [0.2, 0.25) is 5.91 Å². The molecule has 1 aliphatic heterocycles. The number of aromatic nitrogens is 1. The first kappa shape index (κ1) is 17.0. The average Bonchev–Trinajstić information content (AvgIpc) is 3.20. The van der Waals surface area contributed by atoms with Crippen molar-refractivity contribution in [3.63, 3.8) is 0 Å². The van der Waals surface area contributed by atoms with Crippen LogP contribution in [0.15, 0.2) is 34.9 Å². The Balaban J connectivity index is 1.57. The van der Waals surface area contributed by atoms with Crippen molar-refractivity contribution in [3.8, 4) is 11.3 Å². The van der Waals surface area contributed by atoms with Crippen molar-refractivity contribution >= 4 is 17.5 Å². The van der Waals surface area contributed by atoms with E-state index >= 15 is 0 Å². The predicted octanol–water partition coefficient (Wildman–Crippen LogP) is 3.12. The van der Waals surface area contributed by atoms with Crippen LogP contribution >= 0.6 is 11.6 Å². The second-order valence-electron chi connectivity index (χ2n) is 6.36. The molecule has 0 aliphatic carbocycles. The molecule has 2 unspecified atom stereocenters. The molecule has 0 saturated carbocycles. The van der Waals surface area contributed by atoms with Gasteiger partial charge >= 0.3 is 0 Å². The minimum Gasteiger partial charge on any atom is -0.441 e. The zero-order valence-electron chi connectivity index (χ0n) is 13.7. The van der Waals surface area contributed by atoms with Gasteiger partial charge in [0.1, 0.15) is 0 Å². The van der Waals surface area contributed by atoms with Crippen LogP contribution in [0.3, 0.4) is 0 Å². The van der Waals surface area contributed by atoms with Gasteiger partial charge in [-0.2, -0.15) is 0 Å². The molecule has 1 saturated heterocycles. The first-order chi connectivity index (χ1) is 11.6. The summed E-state index contributed by atoms with van der Waals surface area (Å²) in [5, 5.41) is 0.680. The summed E-state index contributed by atoms with van der Waals surface area (Å²) < 4.78 is 5.75. The van der Waals surface area contributed by atoms with Gasteiger partial charge in [0, 0.05) is 36.0 Å². The van der Waals surface area contributed by atoms with Crippen molar-refractivity contribution in [2.45, 2.75) is 32.2 Å². The highest BCUT2D eigenvalue weighted by molar-refractivity contribution is 6.30. The number of nitrogens with two attached hydrogens (primary N) is 1. The van der Waals surface area contributed by atoms with Crippen LogP contribution in [-0.4, -0.2) is 34.9 Å². The summed E-state index contributed by atoms with van der Waals surface area (Å²) in [6.45, 7) is 3.48. The SMILES string of the molecule is CC1CC(CN)CN1C(=O)CCc1ncc(-c2ccc(Cl)cc2)o1. The van der Waals surface area contributed by atoms with Gasteiger partial charge in [-0.1, -0.05) is 11.6 Å². The third-order valence-corrected chi connectivity index (χ3v) is 4.80. The first-order valence-corrected chi connectivity index (χ1v) is 8.64. The molecule has 1 aromatic carbocycles. The Hall–Kier alpha value is -1.85. The Kier molecular flexibility index (Phi) is 5.21. The summed E-state index contributed by atoms with van der Waals surface area (Å²) in [4.78, 5) is 18.6. The largest absolute Gasteiger partial charge is 0.441 e. The molecule has 2 atom stereocenters. The third kappa shape index (κ3) is 3.79. The smallest absolute Gasteiger partial charge is 0.223 e. The molecule has 0 spiro atoms. The fraction of sp³-hybridized carbons (Fsp3) is 0.444. The minimum atomic E-state index is 0.143. The number of benzene rings is 1. The number of hydrogen-bond acceptors (Lipinski definition) is 4. The van der Waals surface area contributed by atoms with Crippen molar-refractivity contribution in [1.82, 2.24) is 9.88 Å². The van der Waals surface area contributed by atoms with Gasteiger partial charge in [-0.25, -0.2) is 4.98 Å². The highest BCUT2D eigenvalue weighted by Gasteiger charge is 2.31. The van der Waals surface area contributed by atoms with Crippen molar-refractivity contribution in [1.29, 1.82) is 0 Å². The standard InChI is InChI=1S/C18H22ClN3O2/c1-12-8-13(9-20)11-22(12)18(23)7-6-17-21-10-16(24-17)14-2-4-15(19)5-3-14/h2-5,10,12-13H,6-9,11,20H2,1H3. The molecule has 2 heterocycles. The fourth-order valence-electron chi connectivity index (χ4n) is 3.19. The highest BCUT2D eigenvalue weighted by atomic mass is 35.5. The number of carbonyl (C=O) groups excluding carboxylic acids is 1. The van der Waals surface area contributed by atoms with Crippen molar-refractivity contribution in [2.24, 2.45) is 11.7 Å². The lowest BCUT2D eigenvalue weighted by atomic mass is 10.1. The summed E-state index contributed by atoms with van der Waals surface area (Å²) in [7, 11) is 0. The molecule has 1 aliphatic rings. The lowest BCUT2D eigenvalue weighted by Crippen LogP contribution is -2.34. The van der Waals surface area contributed by atoms with Crippen molar-refractivity contribution < 1.29 is 9.21 Å². The molecule has 3 rings (SSSR count). The molecule has 1 fully saturated rings. The maximum Gasteiger partial charge on any atom is 0.223 e. The predicted molar refractivity (Wildman–Crippen MR) is 93.6 cm³/mol. The molecule has 2 aromatic rings. The molecular formula is C18H22ClN3O2. The number of carbonyl (C=O) groups is 1. The Morgan fingerprint density at radius 3 is 2.83 bits per heavy atom. The monoisotopic (exact) mass is 347 g/mol. The summed E-state index contributed by atoms with van der Waals surface area (Å²) in [5.41, 5.74) is 6.64. The van der Waals surface area contributed by atoms with Crippen LogP contribution in [0, 0.1) is 5.92 Å². The van der Waals surface area contributed by atoms with Crippen LogP contribution in [0.2, 0.25) is 5.02 Å². The van der Waals surface area contributed by atoms with Crippen LogP contribution in [0.25, 0.3) is 11.3 Å². The number of hydrogen-bond donors (Lipinski definition) is 1. The van der Waals surface area contributed by atoms with Crippen LogP contribution in [0.4, 0.5) is 0 Å². The van der Waals surface area contributed by atoms with E-state index in [-0.39, 0.29) is 11.9 Å². The van der Waals surface area contributed by atoms with Crippen LogP contribution in [0.1, 0.15) is 25.7 Å². The van der Waals surface area contributed by atoms with Gasteiger partial charge in [0.25, 0.3) is 0 Å². The second kappa shape index (κ2) is 7.36. The molecule has 24 heavy (non-hydrogen) atoms. The maximum atomic E-state index is 12.4. The Morgan fingerprint density at radius 2 is 2.17 bits per heavy atom. The lowest BCUT2D eigenvalue weighted by Gasteiger charge is -2.21. The molecule has 0 bridgehead atoms. The quantitative estimate of drug-likeness (QED) is 0.901. The molecule has 5 nitrogen and oxygen atoms in total. The fourth-order valence-corrected chi connectivity index (χ4v) is 3.32.